The first-order valence-electron chi connectivity index (χ1n) is 2.65. The van der Waals surface area contributed by atoms with E-state index in [1.165, 1.54) is 0 Å². The van der Waals surface area contributed by atoms with Crippen molar-refractivity contribution in [2.24, 2.45) is 5.73 Å². The molecule has 0 aromatic heterocycles. The van der Waals surface area contributed by atoms with Gasteiger partial charge in [-0.15, -0.1) is 0 Å². The van der Waals surface area contributed by atoms with Crippen molar-refractivity contribution in [3.63, 3.8) is 0 Å². The molecule has 1 amide bonds. The van der Waals surface area contributed by atoms with Crippen LogP contribution in [0.1, 0.15) is 6.92 Å². The van der Waals surface area contributed by atoms with Gasteiger partial charge in [0.1, 0.15) is 0 Å². The fourth-order valence-electron chi connectivity index (χ4n) is 0.280. The summed E-state index contributed by atoms with van der Waals surface area (Å²) in [5, 5.41) is 0. The molecular formula is C4H9N3O2Se. The molecule has 0 fully saturated rings. The van der Waals surface area contributed by atoms with Gasteiger partial charge in [-0.1, -0.05) is 0 Å². The molecule has 5 nitrogen and oxygen atoms in total. The van der Waals surface area contributed by atoms with Crippen molar-refractivity contribution in [3.8, 4) is 0 Å². The molecule has 0 aliphatic carbocycles. The topological polar surface area (TPSA) is 76.4 Å². The average molecular weight is 210 g/mol. The fourth-order valence-corrected chi connectivity index (χ4v) is 0.387. The molecule has 0 heterocycles. The van der Waals surface area contributed by atoms with Crippen molar-refractivity contribution < 1.29 is 9.53 Å². The normalized spacial score (nSPS) is 8.10. The number of rotatable bonds is 3. The first-order valence-corrected chi connectivity index (χ1v) is 3.50. The van der Waals surface area contributed by atoms with Gasteiger partial charge in [-0.05, 0) is 0 Å². The van der Waals surface area contributed by atoms with Crippen LogP contribution in [0.4, 0.5) is 4.79 Å². The molecule has 10 heavy (non-hydrogen) atoms. The Morgan fingerprint density at radius 1 is 1.70 bits per heavy atom. The molecule has 0 unspecified atom stereocenters. The number of carbonyl (C=O) groups excluding carboxylic acids is 1. The van der Waals surface area contributed by atoms with Crippen molar-refractivity contribution in [2.45, 2.75) is 6.92 Å². The Morgan fingerprint density at radius 2 is 2.30 bits per heavy atom. The van der Waals surface area contributed by atoms with Crippen LogP contribution in [-0.4, -0.2) is 32.9 Å². The van der Waals surface area contributed by atoms with E-state index in [4.69, 9.17) is 5.73 Å². The summed E-state index contributed by atoms with van der Waals surface area (Å²) in [6, 6.07) is 0. The third-order valence-electron chi connectivity index (χ3n) is 0.563. The SMILES string of the molecule is CCOC(=O)NNC(N)=[Se]. The first-order chi connectivity index (χ1) is 4.66. The zero-order valence-electron chi connectivity index (χ0n) is 5.51. The monoisotopic (exact) mass is 211 g/mol. The summed E-state index contributed by atoms with van der Waals surface area (Å²) in [5.74, 6) is 0. The molecule has 58 valence electrons. The van der Waals surface area contributed by atoms with Gasteiger partial charge < -0.3 is 0 Å². The Hall–Kier alpha value is -0.741. The molecule has 0 atom stereocenters. The van der Waals surface area contributed by atoms with E-state index >= 15 is 0 Å². The van der Waals surface area contributed by atoms with E-state index in [1.54, 1.807) is 6.92 Å². The zero-order valence-corrected chi connectivity index (χ0v) is 7.22. The number of nitrogens with two attached hydrogens (primary N) is 1. The fraction of sp³-hybridized carbons (Fsp3) is 0.500. The Balaban J connectivity index is 3.30. The molecule has 4 N–H and O–H groups in total. The molecule has 0 spiro atoms. The van der Waals surface area contributed by atoms with E-state index < -0.39 is 6.09 Å². The van der Waals surface area contributed by atoms with Crippen LogP contribution < -0.4 is 16.6 Å². The number of nitrogens with one attached hydrogen (secondary N) is 2. The van der Waals surface area contributed by atoms with Crippen LogP contribution in [0.25, 0.3) is 0 Å². The predicted octanol–water partition coefficient (Wildman–Crippen LogP) is -1.55. The van der Waals surface area contributed by atoms with Crippen LogP contribution in [0.3, 0.4) is 0 Å². The maximum atomic E-state index is 10.5. The van der Waals surface area contributed by atoms with E-state index in [-0.39, 0.29) is 4.67 Å². The van der Waals surface area contributed by atoms with Crippen LogP contribution in [-0.2, 0) is 4.74 Å². The molecule has 0 saturated heterocycles. The number of hydrazine groups is 1. The predicted molar refractivity (Wildman–Crippen MR) is 38.2 cm³/mol. The molecule has 0 aliphatic rings. The standard InChI is InChI=1S/C4H9N3O2Se/c1-2-9-4(8)7-6-3(5)10/h2H2,1H3,(H,7,8)(H3,5,6,10). The second-order valence-corrected chi connectivity index (χ2v) is 2.26. The average Bonchev–Trinajstić information content (AvgIpc) is 1.85. The molecule has 0 rings (SSSR count). The molecule has 0 saturated carbocycles. The quantitative estimate of drug-likeness (QED) is 0.389. The number of hydrogen-bond acceptors (Lipinski definition) is 4. The molecule has 0 aliphatic heterocycles. The minimum absolute atomic E-state index is 0.285. The van der Waals surface area contributed by atoms with Gasteiger partial charge in [0.25, 0.3) is 0 Å². The summed E-state index contributed by atoms with van der Waals surface area (Å²) in [7, 11) is 0. The first kappa shape index (κ1) is 9.26. The number of ether oxygens (including phenoxy) is 1. The molecule has 0 bridgehead atoms. The van der Waals surface area contributed by atoms with Gasteiger partial charge in [0, 0.05) is 0 Å². The second kappa shape index (κ2) is 5.08. The summed E-state index contributed by atoms with van der Waals surface area (Å²) in [6.45, 7) is 2.05. The summed E-state index contributed by atoms with van der Waals surface area (Å²) in [4.78, 5) is 10.5. The van der Waals surface area contributed by atoms with Gasteiger partial charge in [-0.2, -0.15) is 0 Å². The number of carbonyl (C=O) groups is 1. The zero-order chi connectivity index (χ0) is 7.98. The molecule has 0 aromatic rings. The van der Waals surface area contributed by atoms with E-state index in [9.17, 15) is 4.79 Å². The van der Waals surface area contributed by atoms with E-state index in [0.717, 1.165) is 0 Å². The summed E-state index contributed by atoms with van der Waals surface area (Å²) >= 11 is 2.45. The third kappa shape index (κ3) is 5.40. The number of amides is 1. The molecule has 0 radical (unpaired) electrons. The van der Waals surface area contributed by atoms with Crippen LogP contribution in [0, 0.1) is 0 Å². The second-order valence-electron chi connectivity index (χ2n) is 1.33. The van der Waals surface area contributed by atoms with Gasteiger partial charge in [-0.25, -0.2) is 0 Å². The van der Waals surface area contributed by atoms with Crippen LogP contribution in [0.2, 0.25) is 0 Å². The van der Waals surface area contributed by atoms with Crippen molar-refractivity contribution in [1.82, 2.24) is 10.9 Å². The van der Waals surface area contributed by atoms with Crippen LogP contribution in [0.5, 0.6) is 0 Å². The van der Waals surface area contributed by atoms with Gasteiger partial charge >= 0.3 is 66.0 Å². The molecule has 6 heteroatoms. The summed E-state index contributed by atoms with van der Waals surface area (Å²) < 4.78 is 4.78. The molecular weight excluding hydrogens is 201 g/mol. The van der Waals surface area contributed by atoms with E-state index in [1.807, 2.05) is 0 Å². The van der Waals surface area contributed by atoms with Crippen molar-refractivity contribution in [1.29, 1.82) is 0 Å². The van der Waals surface area contributed by atoms with Crippen molar-refractivity contribution in [2.75, 3.05) is 6.61 Å². The summed E-state index contributed by atoms with van der Waals surface area (Å²) in [5.41, 5.74) is 9.64. The van der Waals surface area contributed by atoms with E-state index in [0.29, 0.717) is 6.61 Å². The van der Waals surface area contributed by atoms with Gasteiger partial charge in [0.15, 0.2) is 0 Å². The maximum absolute atomic E-state index is 10.5. The Bertz CT molecular complexity index is 138. The minimum atomic E-state index is -0.555. The van der Waals surface area contributed by atoms with Crippen LogP contribution in [0.15, 0.2) is 0 Å². The van der Waals surface area contributed by atoms with E-state index in [2.05, 4.69) is 31.2 Å². The summed E-state index contributed by atoms with van der Waals surface area (Å²) in [6.07, 6.45) is -0.555. The third-order valence-corrected chi connectivity index (χ3v) is 0.777. The van der Waals surface area contributed by atoms with Gasteiger partial charge in [-0.3, -0.25) is 0 Å². The Labute approximate surface area is 66.6 Å². The van der Waals surface area contributed by atoms with Crippen molar-refractivity contribution in [3.05, 3.63) is 0 Å². The van der Waals surface area contributed by atoms with Crippen LogP contribution >= 0.6 is 0 Å². The van der Waals surface area contributed by atoms with Crippen molar-refractivity contribution >= 4 is 26.3 Å². The van der Waals surface area contributed by atoms with Gasteiger partial charge in [0.2, 0.25) is 0 Å². The molecule has 0 aromatic carbocycles. The van der Waals surface area contributed by atoms with Gasteiger partial charge in [0.05, 0.1) is 0 Å². The Morgan fingerprint density at radius 3 is 2.70 bits per heavy atom. The number of hydrogen-bond donors (Lipinski definition) is 3. The Kier molecular flexibility index (Phi) is 4.70.